The number of rotatable bonds is 5. The van der Waals surface area contributed by atoms with E-state index in [1.54, 1.807) is 6.07 Å². The molecule has 0 bridgehead atoms. The number of amides is 1. The number of aromatic nitrogens is 2. The second-order valence-electron chi connectivity index (χ2n) is 4.06. The van der Waals surface area contributed by atoms with Gasteiger partial charge in [-0.1, -0.05) is 0 Å². The molecule has 2 rings (SSSR count). The standard InChI is InChI=1S/C12H13N3O3S/c1-8(9-3-5-19-7-9)12(18)13-10-2-4-15(14-10)6-11(16)17/h2-5,7-8H,6H2,1H3,(H,16,17)(H,13,14,18). The van der Waals surface area contributed by atoms with Gasteiger partial charge in [0.05, 0.1) is 5.92 Å². The fourth-order valence-corrected chi connectivity index (χ4v) is 2.32. The Bertz CT molecular complexity index is 577. The zero-order valence-electron chi connectivity index (χ0n) is 10.2. The zero-order valence-corrected chi connectivity index (χ0v) is 11.1. The number of aliphatic carboxylic acids is 1. The van der Waals surface area contributed by atoms with Crippen molar-refractivity contribution in [3.8, 4) is 0 Å². The number of carboxylic acid groups (broad SMARTS) is 1. The van der Waals surface area contributed by atoms with E-state index in [0.717, 1.165) is 5.56 Å². The van der Waals surface area contributed by atoms with E-state index in [1.165, 1.54) is 22.2 Å². The van der Waals surface area contributed by atoms with Crippen LogP contribution in [0.2, 0.25) is 0 Å². The molecule has 7 heteroatoms. The molecule has 0 saturated heterocycles. The van der Waals surface area contributed by atoms with Crippen LogP contribution in [0, 0.1) is 0 Å². The van der Waals surface area contributed by atoms with Gasteiger partial charge >= 0.3 is 5.97 Å². The number of hydrogen-bond acceptors (Lipinski definition) is 4. The lowest BCUT2D eigenvalue weighted by Crippen LogP contribution is -2.19. The highest BCUT2D eigenvalue weighted by Crippen LogP contribution is 2.19. The molecule has 0 saturated carbocycles. The molecular formula is C12H13N3O3S. The first-order valence-corrected chi connectivity index (χ1v) is 6.59. The van der Waals surface area contributed by atoms with Gasteiger partial charge in [-0.2, -0.15) is 16.4 Å². The summed E-state index contributed by atoms with van der Waals surface area (Å²) in [5.74, 6) is -1.06. The molecule has 0 aliphatic rings. The third-order valence-corrected chi connectivity index (χ3v) is 3.33. The maximum Gasteiger partial charge on any atom is 0.325 e. The average molecular weight is 279 g/mol. The first-order valence-electron chi connectivity index (χ1n) is 5.64. The number of nitrogens with one attached hydrogen (secondary N) is 1. The summed E-state index contributed by atoms with van der Waals surface area (Å²) < 4.78 is 1.26. The van der Waals surface area contributed by atoms with Gasteiger partial charge in [-0.05, 0) is 29.3 Å². The number of nitrogens with zero attached hydrogens (tertiary/aromatic N) is 2. The Morgan fingerprint density at radius 1 is 1.53 bits per heavy atom. The molecule has 19 heavy (non-hydrogen) atoms. The van der Waals surface area contributed by atoms with Crippen LogP contribution in [0.25, 0.3) is 0 Å². The van der Waals surface area contributed by atoms with E-state index in [2.05, 4.69) is 10.4 Å². The van der Waals surface area contributed by atoms with Gasteiger partial charge < -0.3 is 10.4 Å². The largest absolute Gasteiger partial charge is 0.480 e. The monoisotopic (exact) mass is 279 g/mol. The van der Waals surface area contributed by atoms with Crippen molar-refractivity contribution in [1.29, 1.82) is 0 Å². The molecule has 1 amide bonds. The van der Waals surface area contributed by atoms with Crippen LogP contribution in [0.15, 0.2) is 29.1 Å². The summed E-state index contributed by atoms with van der Waals surface area (Å²) >= 11 is 1.54. The molecule has 2 aromatic rings. The number of hydrogen-bond donors (Lipinski definition) is 2. The minimum Gasteiger partial charge on any atom is -0.480 e. The molecule has 0 radical (unpaired) electrons. The van der Waals surface area contributed by atoms with Gasteiger partial charge in [0.25, 0.3) is 0 Å². The fraction of sp³-hybridized carbons (Fsp3) is 0.250. The van der Waals surface area contributed by atoms with Crippen LogP contribution in [-0.2, 0) is 16.1 Å². The molecule has 100 valence electrons. The lowest BCUT2D eigenvalue weighted by Gasteiger charge is -2.08. The highest BCUT2D eigenvalue weighted by atomic mass is 32.1. The van der Waals surface area contributed by atoms with E-state index >= 15 is 0 Å². The fourth-order valence-electron chi connectivity index (χ4n) is 1.56. The normalized spacial score (nSPS) is 12.1. The number of thiophene rings is 1. The molecule has 0 aliphatic heterocycles. The van der Waals surface area contributed by atoms with Crippen molar-refractivity contribution in [3.05, 3.63) is 34.7 Å². The summed E-state index contributed by atoms with van der Waals surface area (Å²) in [7, 11) is 0. The minimum absolute atomic E-state index is 0.168. The maximum absolute atomic E-state index is 12.0. The van der Waals surface area contributed by atoms with Gasteiger partial charge in [0, 0.05) is 12.3 Å². The molecule has 0 fully saturated rings. The lowest BCUT2D eigenvalue weighted by atomic mass is 10.0. The van der Waals surface area contributed by atoms with Crippen molar-refractivity contribution in [2.45, 2.75) is 19.4 Å². The van der Waals surface area contributed by atoms with Gasteiger partial charge in [-0.15, -0.1) is 0 Å². The average Bonchev–Trinajstić information content (AvgIpc) is 2.98. The quantitative estimate of drug-likeness (QED) is 0.873. The van der Waals surface area contributed by atoms with Crippen LogP contribution in [0.4, 0.5) is 5.82 Å². The summed E-state index contributed by atoms with van der Waals surface area (Å²) in [6, 6.07) is 3.47. The molecule has 2 aromatic heterocycles. The van der Waals surface area contributed by atoms with E-state index < -0.39 is 5.97 Å². The van der Waals surface area contributed by atoms with Crippen molar-refractivity contribution in [2.24, 2.45) is 0 Å². The Hall–Kier alpha value is -2.15. The van der Waals surface area contributed by atoms with E-state index in [4.69, 9.17) is 5.11 Å². The Labute approximate surface area is 113 Å². The van der Waals surface area contributed by atoms with Gasteiger partial charge in [0.1, 0.15) is 6.54 Å². The Morgan fingerprint density at radius 3 is 2.95 bits per heavy atom. The lowest BCUT2D eigenvalue weighted by molar-refractivity contribution is -0.137. The highest BCUT2D eigenvalue weighted by molar-refractivity contribution is 7.08. The number of carboxylic acids is 1. The topological polar surface area (TPSA) is 84.2 Å². The maximum atomic E-state index is 12.0. The van der Waals surface area contributed by atoms with Gasteiger partial charge in [-0.3, -0.25) is 14.3 Å². The molecule has 0 spiro atoms. The van der Waals surface area contributed by atoms with Gasteiger partial charge in [0.15, 0.2) is 5.82 Å². The molecule has 1 atom stereocenters. The van der Waals surface area contributed by atoms with Gasteiger partial charge in [0.2, 0.25) is 5.91 Å². The Morgan fingerprint density at radius 2 is 2.32 bits per heavy atom. The first kappa shape index (κ1) is 13.3. The molecule has 1 unspecified atom stereocenters. The minimum atomic E-state index is -0.979. The summed E-state index contributed by atoms with van der Waals surface area (Å²) in [4.78, 5) is 22.5. The van der Waals surface area contributed by atoms with E-state index in [-0.39, 0.29) is 18.4 Å². The van der Waals surface area contributed by atoms with Crippen LogP contribution < -0.4 is 5.32 Å². The third kappa shape index (κ3) is 3.41. The predicted octanol–water partition coefficient (Wildman–Crippen LogP) is 1.77. The molecule has 2 N–H and O–H groups in total. The van der Waals surface area contributed by atoms with E-state index in [9.17, 15) is 9.59 Å². The molecule has 0 aromatic carbocycles. The molecular weight excluding hydrogens is 266 g/mol. The number of anilines is 1. The first-order chi connectivity index (χ1) is 9.06. The van der Waals surface area contributed by atoms with Crippen molar-refractivity contribution >= 4 is 29.0 Å². The Balaban J connectivity index is 1.99. The van der Waals surface area contributed by atoms with Crippen molar-refractivity contribution < 1.29 is 14.7 Å². The van der Waals surface area contributed by atoms with Crippen LogP contribution in [0.3, 0.4) is 0 Å². The third-order valence-electron chi connectivity index (χ3n) is 2.63. The second-order valence-corrected chi connectivity index (χ2v) is 4.84. The second kappa shape index (κ2) is 5.66. The van der Waals surface area contributed by atoms with Gasteiger partial charge in [-0.25, -0.2) is 0 Å². The number of carbonyl (C=O) groups is 2. The van der Waals surface area contributed by atoms with Crippen molar-refractivity contribution in [2.75, 3.05) is 5.32 Å². The van der Waals surface area contributed by atoms with Crippen molar-refractivity contribution in [1.82, 2.24) is 9.78 Å². The molecule has 2 heterocycles. The smallest absolute Gasteiger partial charge is 0.325 e. The highest BCUT2D eigenvalue weighted by Gasteiger charge is 2.16. The predicted molar refractivity (Wildman–Crippen MR) is 71.2 cm³/mol. The van der Waals surface area contributed by atoms with E-state index in [0.29, 0.717) is 5.82 Å². The molecule has 0 aliphatic carbocycles. The molecule has 6 nitrogen and oxygen atoms in total. The van der Waals surface area contributed by atoms with Crippen molar-refractivity contribution in [3.63, 3.8) is 0 Å². The summed E-state index contributed by atoms with van der Waals surface area (Å²) in [6.07, 6.45) is 1.51. The van der Waals surface area contributed by atoms with Crippen LogP contribution >= 0.6 is 11.3 Å². The summed E-state index contributed by atoms with van der Waals surface area (Å²) in [6.45, 7) is 1.58. The summed E-state index contributed by atoms with van der Waals surface area (Å²) in [5.41, 5.74) is 0.951. The number of carbonyl (C=O) groups excluding carboxylic acids is 1. The Kier molecular flexibility index (Phi) is 3.96. The summed E-state index contributed by atoms with van der Waals surface area (Å²) in [5, 5.41) is 19.1. The van der Waals surface area contributed by atoms with Crippen LogP contribution in [0.1, 0.15) is 18.4 Å². The SMILES string of the molecule is CC(C(=O)Nc1ccn(CC(=O)O)n1)c1ccsc1. The van der Waals surface area contributed by atoms with E-state index in [1.807, 2.05) is 23.8 Å². The zero-order chi connectivity index (χ0) is 13.8. The van der Waals surface area contributed by atoms with Crippen LogP contribution in [-0.4, -0.2) is 26.8 Å². The van der Waals surface area contributed by atoms with Crippen LogP contribution in [0.5, 0.6) is 0 Å².